The van der Waals surface area contributed by atoms with Gasteiger partial charge in [0.2, 0.25) is 0 Å². The zero-order valence-corrected chi connectivity index (χ0v) is 19.1. The number of carbonyl (C=O) groups excluding carboxylic acids is 2. The van der Waals surface area contributed by atoms with Gasteiger partial charge in [0.1, 0.15) is 11.5 Å². The highest BCUT2D eigenvalue weighted by molar-refractivity contribution is 9.10. The van der Waals surface area contributed by atoms with Gasteiger partial charge in [0.25, 0.3) is 11.8 Å². The summed E-state index contributed by atoms with van der Waals surface area (Å²) in [5.41, 5.74) is 1.38. The third-order valence-electron chi connectivity index (χ3n) is 4.52. The summed E-state index contributed by atoms with van der Waals surface area (Å²) in [5, 5.41) is 5.64. The van der Waals surface area contributed by atoms with Crippen molar-refractivity contribution in [2.75, 3.05) is 11.9 Å². The molecule has 0 bridgehead atoms. The summed E-state index contributed by atoms with van der Waals surface area (Å²) in [6, 6.07) is 15.7. The topological polar surface area (TPSA) is 80.6 Å². The summed E-state index contributed by atoms with van der Waals surface area (Å²) in [4.78, 5) is 25.3. The largest absolute Gasteiger partial charge is 0.493 e. The number of rotatable bonds is 9. The van der Waals surface area contributed by atoms with Crippen molar-refractivity contribution in [2.24, 2.45) is 5.92 Å². The molecule has 2 amide bonds. The van der Waals surface area contributed by atoms with Crippen molar-refractivity contribution in [2.45, 2.75) is 26.8 Å². The van der Waals surface area contributed by atoms with Crippen molar-refractivity contribution in [1.29, 1.82) is 0 Å². The Bertz CT molecular complexity index is 1030. The minimum Gasteiger partial charge on any atom is -0.493 e. The molecular formula is C24H25BrN2O4. The normalized spacial score (nSPS) is 10.7. The zero-order valence-electron chi connectivity index (χ0n) is 17.5. The van der Waals surface area contributed by atoms with Gasteiger partial charge in [-0.2, -0.15) is 0 Å². The predicted molar refractivity (Wildman–Crippen MR) is 123 cm³/mol. The molecule has 1 heterocycles. The van der Waals surface area contributed by atoms with Crippen LogP contribution in [0.25, 0.3) is 0 Å². The maximum absolute atomic E-state index is 12.9. The molecule has 31 heavy (non-hydrogen) atoms. The molecule has 0 saturated carbocycles. The van der Waals surface area contributed by atoms with Gasteiger partial charge in [-0.3, -0.25) is 9.59 Å². The molecule has 3 rings (SSSR count). The Morgan fingerprint density at radius 3 is 2.65 bits per heavy atom. The molecule has 0 aliphatic rings. The van der Waals surface area contributed by atoms with Gasteiger partial charge in [0.15, 0.2) is 0 Å². The van der Waals surface area contributed by atoms with Crippen LogP contribution in [0.1, 0.15) is 46.7 Å². The van der Waals surface area contributed by atoms with Gasteiger partial charge in [0, 0.05) is 15.7 Å². The fraction of sp³-hybridized carbons (Fsp3) is 0.250. The monoisotopic (exact) mass is 484 g/mol. The third kappa shape index (κ3) is 6.72. The number of ether oxygens (including phenoxy) is 1. The van der Waals surface area contributed by atoms with Gasteiger partial charge in [0.05, 0.1) is 25.0 Å². The van der Waals surface area contributed by atoms with Crippen molar-refractivity contribution in [1.82, 2.24) is 5.32 Å². The second kappa shape index (κ2) is 10.8. The van der Waals surface area contributed by atoms with E-state index in [2.05, 4.69) is 40.4 Å². The van der Waals surface area contributed by atoms with Gasteiger partial charge < -0.3 is 19.8 Å². The fourth-order valence-corrected chi connectivity index (χ4v) is 3.19. The fourth-order valence-electron chi connectivity index (χ4n) is 2.83. The first-order chi connectivity index (χ1) is 14.9. The lowest BCUT2D eigenvalue weighted by atomic mass is 10.1. The first-order valence-electron chi connectivity index (χ1n) is 10.1. The molecule has 6 nitrogen and oxygen atoms in total. The molecule has 1 aromatic heterocycles. The molecular weight excluding hydrogens is 460 g/mol. The Morgan fingerprint density at radius 1 is 1.06 bits per heavy atom. The molecule has 2 aromatic carbocycles. The van der Waals surface area contributed by atoms with Gasteiger partial charge >= 0.3 is 0 Å². The lowest BCUT2D eigenvalue weighted by Crippen LogP contribution is -2.22. The molecule has 0 radical (unpaired) electrons. The molecule has 0 fully saturated rings. The van der Waals surface area contributed by atoms with E-state index < -0.39 is 0 Å². The maximum Gasteiger partial charge on any atom is 0.259 e. The second-order valence-corrected chi connectivity index (χ2v) is 8.38. The van der Waals surface area contributed by atoms with E-state index in [1.807, 2.05) is 6.07 Å². The van der Waals surface area contributed by atoms with Crippen LogP contribution in [-0.2, 0) is 6.54 Å². The van der Waals surface area contributed by atoms with Crippen LogP contribution in [0.2, 0.25) is 0 Å². The van der Waals surface area contributed by atoms with Crippen LogP contribution in [0.5, 0.6) is 5.75 Å². The van der Waals surface area contributed by atoms with E-state index in [-0.39, 0.29) is 18.4 Å². The smallest absolute Gasteiger partial charge is 0.259 e. The van der Waals surface area contributed by atoms with E-state index in [1.165, 1.54) is 0 Å². The van der Waals surface area contributed by atoms with Crippen molar-refractivity contribution in [3.8, 4) is 5.75 Å². The molecule has 0 aliphatic heterocycles. The lowest BCUT2D eigenvalue weighted by molar-refractivity contribution is 0.0946. The highest BCUT2D eigenvalue weighted by Crippen LogP contribution is 2.25. The van der Waals surface area contributed by atoms with Crippen LogP contribution in [0, 0.1) is 5.92 Å². The number of nitrogens with one attached hydrogen (secondary N) is 2. The van der Waals surface area contributed by atoms with Crippen molar-refractivity contribution in [3.63, 3.8) is 0 Å². The average Bonchev–Trinajstić information content (AvgIpc) is 3.26. The van der Waals surface area contributed by atoms with E-state index >= 15 is 0 Å². The molecule has 3 aromatic rings. The van der Waals surface area contributed by atoms with E-state index in [4.69, 9.17) is 9.15 Å². The molecule has 0 unspecified atom stereocenters. The van der Waals surface area contributed by atoms with Crippen molar-refractivity contribution < 1.29 is 18.7 Å². The molecule has 0 atom stereocenters. The molecule has 7 heteroatoms. The zero-order chi connectivity index (χ0) is 22.2. The van der Waals surface area contributed by atoms with E-state index in [1.54, 1.807) is 54.8 Å². The minimum atomic E-state index is -0.311. The summed E-state index contributed by atoms with van der Waals surface area (Å²) in [5.74, 6) is 1.13. The number of carbonyl (C=O) groups is 2. The summed E-state index contributed by atoms with van der Waals surface area (Å²) >= 11 is 3.41. The SMILES string of the molecule is CC(C)CCOc1ccc(Br)cc1C(=O)Nc1cccc(C(=O)NCc2ccco2)c1. The summed E-state index contributed by atoms with van der Waals surface area (Å²) in [6.45, 7) is 5.06. The molecule has 0 aliphatic carbocycles. The number of benzene rings is 2. The third-order valence-corrected chi connectivity index (χ3v) is 5.02. The van der Waals surface area contributed by atoms with Gasteiger partial charge in [-0.15, -0.1) is 0 Å². The Hall–Kier alpha value is -3.06. The van der Waals surface area contributed by atoms with Crippen LogP contribution in [0.15, 0.2) is 69.8 Å². The number of hydrogen-bond donors (Lipinski definition) is 2. The Labute approximate surface area is 190 Å². The summed E-state index contributed by atoms with van der Waals surface area (Å²) in [7, 11) is 0. The molecule has 0 saturated heterocycles. The Morgan fingerprint density at radius 2 is 1.90 bits per heavy atom. The first kappa shape index (κ1) is 22.6. The van der Waals surface area contributed by atoms with Gasteiger partial charge in [-0.05, 0) is 60.9 Å². The first-order valence-corrected chi connectivity index (χ1v) is 10.9. The van der Waals surface area contributed by atoms with Crippen molar-refractivity contribution in [3.05, 3.63) is 82.2 Å². The summed E-state index contributed by atoms with van der Waals surface area (Å²) in [6.07, 6.45) is 2.45. The quantitative estimate of drug-likeness (QED) is 0.411. The predicted octanol–water partition coefficient (Wildman–Crippen LogP) is 5.65. The highest BCUT2D eigenvalue weighted by Gasteiger charge is 2.15. The molecule has 0 spiro atoms. The van der Waals surface area contributed by atoms with E-state index in [9.17, 15) is 9.59 Å². The van der Waals surface area contributed by atoms with E-state index in [0.29, 0.717) is 40.8 Å². The van der Waals surface area contributed by atoms with Crippen molar-refractivity contribution >= 4 is 33.4 Å². The van der Waals surface area contributed by atoms with Crippen LogP contribution < -0.4 is 15.4 Å². The number of furan rings is 1. The maximum atomic E-state index is 12.9. The minimum absolute atomic E-state index is 0.257. The van der Waals surface area contributed by atoms with Crippen LogP contribution in [0.3, 0.4) is 0 Å². The van der Waals surface area contributed by atoms with E-state index in [0.717, 1.165) is 10.9 Å². The molecule has 2 N–H and O–H groups in total. The molecule has 162 valence electrons. The van der Waals surface area contributed by atoms with Crippen LogP contribution >= 0.6 is 15.9 Å². The number of anilines is 1. The number of halogens is 1. The Balaban J connectivity index is 1.68. The standard InChI is InChI=1S/C24H25BrN2O4/c1-16(2)10-12-31-22-9-8-18(25)14-21(22)24(29)27-19-6-3-5-17(13-19)23(28)26-15-20-7-4-11-30-20/h3-9,11,13-14,16H,10,12,15H2,1-2H3,(H,26,28)(H,27,29). The second-order valence-electron chi connectivity index (χ2n) is 7.47. The van der Waals surface area contributed by atoms with Crippen LogP contribution in [-0.4, -0.2) is 18.4 Å². The number of amides is 2. The Kier molecular flexibility index (Phi) is 7.89. The highest BCUT2D eigenvalue weighted by atomic mass is 79.9. The summed E-state index contributed by atoms with van der Waals surface area (Å²) < 4.78 is 11.8. The van der Waals surface area contributed by atoms with Crippen LogP contribution in [0.4, 0.5) is 5.69 Å². The average molecular weight is 485 g/mol. The van der Waals surface area contributed by atoms with Gasteiger partial charge in [-0.1, -0.05) is 35.8 Å². The van der Waals surface area contributed by atoms with Gasteiger partial charge in [-0.25, -0.2) is 0 Å². The lowest BCUT2D eigenvalue weighted by Gasteiger charge is -2.13. The number of hydrogen-bond acceptors (Lipinski definition) is 4.